The van der Waals surface area contributed by atoms with Gasteiger partial charge in [-0.05, 0) is 31.0 Å². The zero-order chi connectivity index (χ0) is 17.9. The maximum Gasteiger partial charge on any atom is 0.223 e. The average Bonchev–Trinajstić information content (AvgIpc) is 3.40. The van der Waals surface area contributed by atoms with Crippen molar-refractivity contribution in [2.45, 2.75) is 31.7 Å². The van der Waals surface area contributed by atoms with Crippen molar-refractivity contribution in [3.8, 4) is 11.3 Å². The summed E-state index contributed by atoms with van der Waals surface area (Å²) >= 11 is 6.28. The van der Waals surface area contributed by atoms with Crippen LogP contribution < -0.4 is 0 Å². The number of imidazole rings is 1. The monoisotopic (exact) mass is 369 g/mol. The minimum absolute atomic E-state index is 0.00432. The summed E-state index contributed by atoms with van der Waals surface area (Å²) in [6, 6.07) is 11.4. The maximum atomic E-state index is 12.7. The summed E-state index contributed by atoms with van der Waals surface area (Å²) in [7, 11) is 0. The first-order chi connectivity index (χ1) is 12.7. The molecule has 0 radical (unpaired) electrons. The molecule has 2 aromatic heterocycles. The highest BCUT2D eigenvalue weighted by atomic mass is 35.5. The van der Waals surface area contributed by atoms with Gasteiger partial charge in [0.15, 0.2) is 0 Å². The third-order valence-corrected chi connectivity index (χ3v) is 5.14. The van der Waals surface area contributed by atoms with Crippen LogP contribution in [-0.2, 0) is 11.2 Å². The maximum absolute atomic E-state index is 12.7. The molecule has 3 aromatic rings. The number of aryl methyl sites for hydroxylation is 1. The van der Waals surface area contributed by atoms with Gasteiger partial charge in [0, 0.05) is 30.0 Å². The highest BCUT2D eigenvalue weighted by molar-refractivity contribution is 6.33. The van der Waals surface area contributed by atoms with Gasteiger partial charge in [0.25, 0.3) is 0 Å². The van der Waals surface area contributed by atoms with E-state index in [1.54, 1.807) is 12.5 Å². The molecular formula is C20H20ClN3O2. The van der Waals surface area contributed by atoms with Crippen molar-refractivity contribution in [1.82, 2.24) is 14.9 Å². The molecule has 0 spiro atoms. The zero-order valence-corrected chi connectivity index (χ0v) is 15.1. The molecule has 1 aliphatic rings. The molecule has 0 unspecified atom stereocenters. The summed E-state index contributed by atoms with van der Waals surface area (Å²) < 4.78 is 5.32. The fourth-order valence-electron chi connectivity index (χ4n) is 3.50. The standard InChI is InChI=1S/C20H20ClN3O2/c21-16-7-2-1-6-15(16)17-13-22-20(23-17)18-8-3-11-24(18)19(25)10-9-14-5-4-12-26-14/h1-2,4-7,12-13,18H,3,8-11H2,(H,22,23)/t18-/m0/s1. The van der Waals surface area contributed by atoms with E-state index in [-0.39, 0.29) is 11.9 Å². The van der Waals surface area contributed by atoms with Gasteiger partial charge in [-0.2, -0.15) is 0 Å². The molecule has 1 atom stereocenters. The van der Waals surface area contributed by atoms with Crippen LogP contribution in [0.1, 0.15) is 36.9 Å². The lowest BCUT2D eigenvalue weighted by Crippen LogP contribution is -2.31. The summed E-state index contributed by atoms with van der Waals surface area (Å²) in [5.74, 6) is 1.80. The van der Waals surface area contributed by atoms with Crippen LogP contribution in [0.4, 0.5) is 0 Å². The second kappa shape index (κ2) is 7.38. The first-order valence-electron chi connectivity index (χ1n) is 8.84. The van der Waals surface area contributed by atoms with Gasteiger partial charge in [-0.15, -0.1) is 0 Å². The van der Waals surface area contributed by atoms with E-state index in [1.165, 1.54) is 0 Å². The third-order valence-electron chi connectivity index (χ3n) is 4.81. The molecule has 0 bridgehead atoms. The number of benzene rings is 1. The molecule has 1 amide bonds. The van der Waals surface area contributed by atoms with Crippen molar-refractivity contribution in [1.29, 1.82) is 0 Å². The van der Waals surface area contributed by atoms with Crippen LogP contribution in [0.15, 0.2) is 53.3 Å². The Kier molecular flexibility index (Phi) is 4.80. The number of amides is 1. The van der Waals surface area contributed by atoms with Crippen LogP contribution in [0.5, 0.6) is 0 Å². The van der Waals surface area contributed by atoms with Crippen molar-refractivity contribution < 1.29 is 9.21 Å². The smallest absolute Gasteiger partial charge is 0.223 e. The lowest BCUT2D eigenvalue weighted by Gasteiger charge is -2.23. The Labute approximate surface area is 157 Å². The summed E-state index contributed by atoms with van der Waals surface area (Å²) in [6.07, 6.45) is 6.40. The minimum Gasteiger partial charge on any atom is -0.469 e. The van der Waals surface area contributed by atoms with Gasteiger partial charge in [-0.25, -0.2) is 4.98 Å². The molecule has 134 valence electrons. The molecule has 1 aliphatic heterocycles. The Morgan fingerprint density at radius 2 is 2.19 bits per heavy atom. The Balaban J connectivity index is 1.48. The number of carbonyl (C=O) groups is 1. The molecular weight excluding hydrogens is 350 g/mol. The number of halogens is 1. The van der Waals surface area contributed by atoms with Gasteiger partial charge in [0.1, 0.15) is 11.6 Å². The van der Waals surface area contributed by atoms with Gasteiger partial charge >= 0.3 is 0 Å². The number of furan rings is 1. The molecule has 3 heterocycles. The highest BCUT2D eigenvalue weighted by Gasteiger charge is 2.31. The van der Waals surface area contributed by atoms with Crippen molar-refractivity contribution in [3.05, 3.63) is 65.5 Å². The minimum atomic E-state index is -0.00432. The quantitative estimate of drug-likeness (QED) is 0.713. The number of hydrogen-bond donors (Lipinski definition) is 1. The number of aromatic amines is 1. The first-order valence-corrected chi connectivity index (χ1v) is 9.22. The number of H-pyrrole nitrogens is 1. The summed E-state index contributed by atoms with van der Waals surface area (Å²) in [5.41, 5.74) is 1.79. The van der Waals surface area contributed by atoms with Gasteiger partial charge in [-0.1, -0.05) is 29.8 Å². The van der Waals surface area contributed by atoms with E-state index >= 15 is 0 Å². The third kappa shape index (κ3) is 3.40. The van der Waals surface area contributed by atoms with Crippen LogP contribution in [0, 0.1) is 0 Å². The first kappa shape index (κ1) is 16.9. The second-order valence-corrected chi connectivity index (χ2v) is 6.89. The average molecular weight is 370 g/mol. The Hall–Kier alpha value is -2.53. The van der Waals surface area contributed by atoms with Gasteiger partial charge in [0.2, 0.25) is 5.91 Å². The van der Waals surface area contributed by atoms with Crippen LogP contribution in [0.25, 0.3) is 11.3 Å². The number of nitrogens with one attached hydrogen (secondary N) is 1. The lowest BCUT2D eigenvalue weighted by atomic mass is 10.1. The molecule has 0 aliphatic carbocycles. The van der Waals surface area contributed by atoms with Crippen LogP contribution in [-0.4, -0.2) is 27.3 Å². The molecule has 0 saturated carbocycles. The molecule has 6 heteroatoms. The Morgan fingerprint density at radius 3 is 3.00 bits per heavy atom. The number of nitrogens with zero attached hydrogens (tertiary/aromatic N) is 2. The summed E-state index contributed by atoms with van der Waals surface area (Å²) in [6.45, 7) is 0.768. The van der Waals surface area contributed by atoms with E-state index in [1.807, 2.05) is 41.3 Å². The molecule has 4 rings (SSSR count). The highest BCUT2D eigenvalue weighted by Crippen LogP contribution is 2.33. The lowest BCUT2D eigenvalue weighted by molar-refractivity contribution is -0.132. The van der Waals surface area contributed by atoms with Gasteiger partial charge < -0.3 is 14.3 Å². The largest absolute Gasteiger partial charge is 0.469 e. The fourth-order valence-corrected chi connectivity index (χ4v) is 3.74. The number of rotatable bonds is 5. The molecule has 1 saturated heterocycles. The fraction of sp³-hybridized carbons (Fsp3) is 0.300. The van der Waals surface area contributed by atoms with Crippen molar-refractivity contribution in [3.63, 3.8) is 0 Å². The number of likely N-dealkylation sites (tertiary alicyclic amines) is 1. The van der Waals surface area contributed by atoms with Crippen LogP contribution in [0.2, 0.25) is 5.02 Å². The molecule has 26 heavy (non-hydrogen) atoms. The predicted octanol–water partition coefficient (Wildman–Crippen LogP) is 4.62. The van der Waals surface area contributed by atoms with E-state index in [4.69, 9.17) is 16.0 Å². The molecule has 1 aromatic carbocycles. The Morgan fingerprint density at radius 1 is 1.31 bits per heavy atom. The van der Waals surface area contributed by atoms with E-state index in [2.05, 4.69) is 9.97 Å². The number of aromatic nitrogens is 2. The topological polar surface area (TPSA) is 62.1 Å². The van der Waals surface area contributed by atoms with Crippen LogP contribution in [0.3, 0.4) is 0 Å². The van der Waals surface area contributed by atoms with Crippen LogP contribution >= 0.6 is 11.6 Å². The van der Waals surface area contributed by atoms with Crippen molar-refractivity contribution in [2.24, 2.45) is 0 Å². The molecule has 1 fully saturated rings. The van der Waals surface area contributed by atoms with Gasteiger partial charge in [0.05, 0.1) is 24.2 Å². The summed E-state index contributed by atoms with van der Waals surface area (Å²) in [5, 5.41) is 0.681. The molecule has 1 N–H and O–H groups in total. The predicted molar refractivity (Wildman–Crippen MR) is 99.8 cm³/mol. The molecule has 5 nitrogen and oxygen atoms in total. The number of carbonyl (C=O) groups excluding carboxylic acids is 1. The van der Waals surface area contributed by atoms with Crippen molar-refractivity contribution >= 4 is 17.5 Å². The number of hydrogen-bond acceptors (Lipinski definition) is 3. The van der Waals surface area contributed by atoms with E-state index in [0.29, 0.717) is 17.9 Å². The zero-order valence-electron chi connectivity index (χ0n) is 14.3. The normalized spacial score (nSPS) is 17.0. The van der Waals surface area contributed by atoms with E-state index < -0.39 is 0 Å². The SMILES string of the molecule is O=C(CCc1ccco1)N1CCC[C@H]1c1ncc(-c2ccccc2Cl)[nH]1. The van der Waals surface area contributed by atoms with Gasteiger partial charge in [-0.3, -0.25) is 4.79 Å². The van der Waals surface area contributed by atoms with E-state index in [0.717, 1.165) is 42.2 Å². The van der Waals surface area contributed by atoms with Crippen molar-refractivity contribution in [2.75, 3.05) is 6.54 Å². The summed E-state index contributed by atoms with van der Waals surface area (Å²) in [4.78, 5) is 22.5. The Bertz CT molecular complexity index is 888. The second-order valence-electron chi connectivity index (χ2n) is 6.49. The van der Waals surface area contributed by atoms with E-state index in [9.17, 15) is 4.79 Å².